The molecule has 0 spiro atoms. The number of amides is 3. The van der Waals surface area contributed by atoms with Gasteiger partial charge in [0, 0.05) is 68.7 Å². The zero-order chi connectivity index (χ0) is 39.1. The second-order valence-corrected chi connectivity index (χ2v) is 16.0. The Balaban J connectivity index is 1.40. The zero-order valence-electron chi connectivity index (χ0n) is 31.7. The third-order valence-corrected chi connectivity index (χ3v) is 11.2. The number of carbonyl (C=O) groups excluding carboxylic acids is 3. The summed E-state index contributed by atoms with van der Waals surface area (Å²) in [5, 5.41) is 3.77. The van der Waals surface area contributed by atoms with E-state index in [1.54, 1.807) is 62.8 Å². The summed E-state index contributed by atoms with van der Waals surface area (Å²) in [6.45, 7) is 2.54. The van der Waals surface area contributed by atoms with Gasteiger partial charge in [-0.05, 0) is 67.5 Å². The van der Waals surface area contributed by atoms with Crippen LogP contribution in [0.25, 0.3) is 10.9 Å². The molecule has 2 aromatic carbocycles. The fourth-order valence-corrected chi connectivity index (χ4v) is 7.90. The summed E-state index contributed by atoms with van der Waals surface area (Å²) in [6.07, 6.45) is 5.56. The average Bonchev–Trinajstić information content (AvgIpc) is 3.19. The number of carbonyl (C=O) groups is 3. The number of methoxy groups -OCH3 is 3. The number of rotatable bonds is 7. The molecule has 2 bridgehead atoms. The van der Waals surface area contributed by atoms with Crippen LogP contribution in [0.15, 0.2) is 65.7 Å². The van der Waals surface area contributed by atoms with Gasteiger partial charge in [0.1, 0.15) is 11.5 Å². The molecule has 3 amide bonds. The van der Waals surface area contributed by atoms with Crippen molar-refractivity contribution in [2.75, 3.05) is 71.8 Å². The Morgan fingerprint density at radius 2 is 1.64 bits per heavy atom. The molecule has 1 N–H and O–H groups in total. The molecular formula is C40H48N6O8S. The highest BCUT2D eigenvalue weighted by molar-refractivity contribution is 7.90. The van der Waals surface area contributed by atoms with Crippen molar-refractivity contribution in [3.63, 3.8) is 0 Å². The summed E-state index contributed by atoms with van der Waals surface area (Å²) >= 11 is 0. The minimum absolute atomic E-state index is 0.0466. The van der Waals surface area contributed by atoms with Gasteiger partial charge in [-0.3, -0.25) is 19.4 Å². The van der Waals surface area contributed by atoms with Crippen LogP contribution in [-0.4, -0.2) is 113 Å². The Hall–Kier alpha value is -5.44. The van der Waals surface area contributed by atoms with Crippen LogP contribution in [0.3, 0.4) is 0 Å². The number of pyridine rings is 2. The Kier molecular flexibility index (Phi) is 12.4. The van der Waals surface area contributed by atoms with Gasteiger partial charge < -0.3 is 34.2 Å². The molecule has 0 aliphatic carbocycles. The first kappa shape index (κ1) is 39.3. The van der Waals surface area contributed by atoms with Gasteiger partial charge >= 0.3 is 0 Å². The third-order valence-electron chi connectivity index (χ3n) is 10.1. The van der Waals surface area contributed by atoms with E-state index < -0.39 is 9.84 Å². The van der Waals surface area contributed by atoms with Gasteiger partial charge in [-0.2, -0.15) is 0 Å². The molecule has 4 heterocycles. The number of ether oxygens (including phenoxy) is 3. The maximum atomic E-state index is 14.3. The van der Waals surface area contributed by atoms with Crippen molar-refractivity contribution < 1.29 is 37.0 Å². The first-order chi connectivity index (χ1) is 26.5. The van der Waals surface area contributed by atoms with E-state index in [1.165, 1.54) is 17.0 Å². The molecule has 55 heavy (non-hydrogen) atoms. The van der Waals surface area contributed by atoms with E-state index in [2.05, 4.69) is 15.2 Å². The summed E-state index contributed by atoms with van der Waals surface area (Å²) in [7, 11) is 1.27. The highest BCUT2D eigenvalue weighted by atomic mass is 32.2. The summed E-state index contributed by atoms with van der Waals surface area (Å²) in [6, 6.07) is 15.3. The number of nitrogens with zero attached hydrogens (tertiary/aromatic N) is 5. The van der Waals surface area contributed by atoms with Crippen molar-refractivity contribution in [1.29, 1.82) is 0 Å². The number of hydrogen-bond donors (Lipinski definition) is 1. The van der Waals surface area contributed by atoms with Crippen molar-refractivity contribution in [3.05, 3.63) is 77.6 Å². The van der Waals surface area contributed by atoms with Gasteiger partial charge in [0.25, 0.3) is 5.91 Å². The molecule has 6 rings (SSSR count). The Bertz CT molecular complexity index is 2130. The minimum Gasteiger partial charge on any atom is -0.493 e. The number of nitrogens with one attached hydrogen (secondary N) is 1. The van der Waals surface area contributed by atoms with Crippen LogP contribution in [0.1, 0.15) is 47.3 Å². The average molecular weight is 773 g/mol. The van der Waals surface area contributed by atoms with Gasteiger partial charge in [0.05, 0.1) is 44.7 Å². The van der Waals surface area contributed by atoms with Crippen LogP contribution >= 0.6 is 0 Å². The van der Waals surface area contributed by atoms with Crippen molar-refractivity contribution in [2.45, 2.75) is 43.5 Å². The molecule has 0 radical (unpaired) electrons. The van der Waals surface area contributed by atoms with Gasteiger partial charge in [-0.1, -0.05) is 18.2 Å². The molecule has 14 nitrogen and oxygen atoms in total. The van der Waals surface area contributed by atoms with E-state index in [4.69, 9.17) is 19.2 Å². The number of aromatic nitrogens is 2. The van der Waals surface area contributed by atoms with Crippen LogP contribution in [0.5, 0.6) is 17.2 Å². The van der Waals surface area contributed by atoms with E-state index in [0.29, 0.717) is 66.2 Å². The molecular weight excluding hydrogens is 725 g/mol. The Morgan fingerprint density at radius 1 is 0.891 bits per heavy atom. The van der Waals surface area contributed by atoms with E-state index >= 15 is 0 Å². The van der Waals surface area contributed by atoms with E-state index in [9.17, 15) is 22.8 Å². The molecule has 2 aliphatic heterocycles. The first-order valence-electron chi connectivity index (χ1n) is 18.4. The maximum Gasteiger partial charge on any atom is 0.272 e. The predicted octanol–water partition coefficient (Wildman–Crippen LogP) is 3.90. The summed E-state index contributed by atoms with van der Waals surface area (Å²) < 4.78 is 41.4. The molecule has 4 aromatic rings. The monoisotopic (exact) mass is 772 g/mol. The summed E-state index contributed by atoms with van der Waals surface area (Å²) in [5.41, 5.74) is 2.38. The number of hydrogen-bond acceptors (Lipinski definition) is 11. The number of anilines is 1. The molecule has 1 unspecified atom stereocenters. The molecule has 2 aromatic heterocycles. The van der Waals surface area contributed by atoms with Gasteiger partial charge in [0.2, 0.25) is 17.6 Å². The number of sulfone groups is 1. The van der Waals surface area contributed by atoms with E-state index in [-0.39, 0.29) is 60.3 Å². The predicted molar refractivity (Wildman–Crippen MR) is 207 cm³/mol. The largest absolute Gasteiger partial charge is 0.493 e. The van der Waals surface area contributed by atoms with Crippen LogP contribution < -0.4 is 24.4 Å². The molecule has 1 fully saturated rings. The van der Waals surface area contributed by atoms with Gasteiger partial charge in [-0.15, -0.1) is 0 Å². The first-order valence-corrected chi connectivity index (χ1v) is 20.3. The highest BCUT2D eigenvalue weighted by Crippen LogP contribution is 2.44. The lowest BCUT2D eigenvalue weighted by Crippen LogP contribution is -2.46. The van der Waals surface area contributed by atoms with Crippen molar-refractivity contribution in [3.8, 4) is 17.2 Å². The Morgan fingerprint density at radius 3 is 2.31 bits per heavy atom. The lowest BCUT2D eigenvalue weighted by molar-refractivity contribution is -0.131. The topological polar surface area (TPSA) is 161 Å². The number of benzene rings is 2. The SMILES string of the molecule is COc1cc2nc3c(cc2c(OC)c1OC)CN(C(=O)Cc1ccc(S(C)(=O)=O)cc1)CCCCN(C(=O)c1ccccn1)CC(=O)NCC1CCCN3C1. The molecule has 292 valence electrons. The maximum absolute atomic E-state index is 14.3. The highest BCUT2D eigenvalue weighted by Gasteiger charge is 2.28. The second kappa shape index (κ2) is 17.4. The fourth-order valence-electron chi connectivity index (χ4n) is 7.27. The minimum atomic E-state index is -3.40. The van der Waals surface area contributed by atoms with Crippen molar-refractivity contribution in [1.82, 2.24) is 25.1 Å². The molecule has 1 saturated heterocycles. The van der Waals surface area contributed by atoms with Crippen LogP contribution in [0.2, 0.25) is 0 Å². The molecule has 1 atom stereocenters. The fraction of sp³-hybridized carbons (Fsp3) is 0.425. The lowest BCUT2D eigenvalue weighted by atomic mass is 9.97. The quantitative estimate of drug-likeness (QED) is 0.290. The van der Waals surface area contributed by atoms with Crippen LogP contribution in [-0.2, 0) is 32.4 Å². The summed E-state index contributed by atoms with van der Waals surface area (Å²) in [4.78, 5) is 56.3. The normalized spacial score (nSPS) is 17.3. The van der Waals surface area contributed by atoms with Gasteiger partial charge in [0.15, 0.2) is 21.3 Å². The van der Waals surface area contributed by atoms with Crippen molar-refractivity contribution >= 4 is 44.3 Å². The lowest BCUT2D eigenvalue weighted by Gasteiger charge is -2.36. The van der Waals surface area contributed by atoms with Crippen LogP contribution in [0, 0.1) is 5.92 Å². The molecule has 2 aliphatic rings. The smallest absolute Gasteiger partial charge is 0.272 e. The zero-order valence-corrected chi connectivity index (χ0v) is 32.6. The third kappa shape index (κ3) is 9.27. The number of piperidine rings is 1. The number of fused-ring (bicyclic) bond motifs is 5. The molecule has 0 saturated carbocycles. The van der Waals surface area contributed by atoms with E-state index in [1.807, 2.05) is 12.1 Å². The van der Waals surface area contributed by atoms with Gasteiger partial charge in [-0.25, -0.2) is 13.4 Å². The van der Waals surface area contributed by atoms with Crippen molar-refractivity contribution in [2.24, 2.45) is 5.92 Å². The van der Waals surface area contributed by atoms with Crippen LogP contribution in [0.4, 0.5) is 5.82 Å². The second-order valence-electron chi connectivity index (χ2n) is 14.0. The molecule has 15 heteroatoms. The standard InChI is InChI=1S/C40H48N6O8S/c1-52-34-22-33-31(37(53-2)38(34)54-3)21-29-25-44(36(48)20-27-12-14-30(15-13-27)55(4,50)51)17-7-8-18-46(40(49)32-11-5-6-16-41-32)26-35(47)42-23-28-10-9-19-45(24-28)39(29)43-33/h5-6,11-16,21-22,28H,7-10,17-20,23-26H2,1-4H3,(H,42,47). The Labute approximate surface area is 321 Å². The summed E-state index contributed by atoms with van der Waals surface area (Å²) in [5.74, 6) is 1.47. The van der Waals surface area contributed by atoms with E-state index in [0.717, 1.165) is 37.0 Å².